The molecule has 0 aromatic heterocycles. The molecule has 0 bridgehead atoms. The largest absolute Gasteiger partial charge is 0.274 e. The maximum atomic E-state index is 10.6. The van der Waals surface area contributed by atoms with Crippen molar-refractivity contribution in [2.75, 3.05) is 0 Å². The predicted molar refractivity (Wildman–Crippen MR) is 43.0 cm³/mol. The summed E-state index contributed by atoms with van der Waals surface area (Å²) in [5, 5.41) is 13.4. The maximum Gasteiger partial charge on any atom is 0.274 e. The third kappa shape index (κ3) is 2.44. The van der Waals surface area contributed by atoms with Crippen molar-refractivity contribution in [1.82, 2.24) is 4.72 Å². The van der Waals surface area contributed by atoms with Crippen LogP contribution in [0.4, 0.5) is 0 Å². The summed E-state index contributed by atoms with van der Waals surface area (Å²) in [7, 11) is -3.65. The van der Waals surface area contributed by atoms with Crippen molar-refractivity contribution in [2.45, 2.75) is 25.3 Å². The lowest BCUT2D eigenvalue weighted by molar-refractivity contribution is 0.516. The molecule has 1 saturated carbocycles. The van der Waals surface area contributed by atoms with E-state index in [2.05, 4.69) is 10.8 Å². The molecule has 0 amide bonds. The monoisotopic (exact) mass is 189 g/mol. The molecule has 5 nitrogen and oxygen atoms in total. The fourth-order valence-corrected chi connectivity index (χ4v) is 2.17. The lowest BCUT2D eigenvalue weighted by Gasteiger charge is -2.12. The molecule has 1 aliphatic rings. The Morgan fingerprint density at radius 2 is 2.17 bits per heavy atom. The molecule has 1 fully saturated rings. The summed E-state index contributed by atoms with van der Waals surface area (Å²) in [6.07, 6.45) is 2.34. The van der Waals surface area contributed by atoms with Gasteiger partial charge in [0, 0.05) is 6.04 Å². The Bertz CT molecular complexity index is 292. The molecule has 6 heteroatoms. The molecule has 0 aromatic rings. The van der Waals surface area contributed by atoms with Crippen molar-refractivity contribution < 1.29 is 8.42 Å². The molecule has 0 aliphatic heterocycles. The molecule has 0 radical (unpaired) electrons. The van der Waals surface area contributed by atoms with Gasteiger partial charge in [-0.05, 0) is 12.8 Å². The van der Waals surface area contributed by atoms with E-state index in [1.54, 1.807) is 0 Å². The van der Waals surface area contributed by atoms with Gasteiger partial charge in [0.05, 0.1) is 12.0 Å². The number of hydrogen-bond donors (Lipinski definition) is 2. The van der Waals surface area contributed by atoms with Crippen LogP contribution in [0, 0.1) is 17.2 Å². The highest BCUT2D eigenvalue weighted by Gasteiger charge is 2.29. The number of hydrogen-bond acceptors (Lipinski definition) is 3. The van der Waals surface area contributed by atoms with Gasteiger partial charge in [-0.2, -0.15) is 18.4 Å². The molecule has 3 N–H and O–H groups in total. The van der Waals surface area contributed by atoms with E-state index < -0.39 is 10.2 Å². The van der Waals surface area contributed by atoms with Crippen LogP contribution in [0.3, 0.4) is 0 Å². The molecule has 12 heavy (non-hydrogen) atoms. The van der Waals surface area contributed by atoms with Crippen molar-refractivity contribution in [3.8, 4) is 6.07 Å². The van der Waals surface area contributed by atoms with Crippen molar-refractivity contribution in [3.63, 3.8) is 0 Å². The first kappa shape index (κ1) is 9.45. The zero-order chi connectivity index (χ0) is 9.19. The van der Waals surface area contributed by atoms with Gasteiger partial charge in [-0.1, -0.05) is 6.42 Å². The lowest BCUT2D eigenvalue weighted by atomic mass is 10.1. The standard InChI is InChI=1S/C6H11N3O2S/c7-4-5-2-1-3-6(5)9-12(8,10)11/h5-6,9H,1-3H2,(H2,8,10,11). The first-order chi connectivity index (χ1) is 5.53. The summed E-state index contributed by atoms with van der Waals surface area (Å²) in [5.74, 6) is -0.219. The molecule has 0 aromatic carbocycles. The predicted octanol–water partition coefficient (Wildman–Crippen LogP) is -0.528. The molecular weight excluding hydrogens is 178 g/mol. The van der Waals surface area contributed by atoms with Crippen molar-refractivity contribution in [3.05, 3.63) is 0 Å². The molecule has 68 valence electrons. The van der Waals surface area contributed by atoms with E-state index in [0.29, 0.717) is 6.42 Å². The normalized spacial score (nSPS) is 30.0. The van der Waals surface area contributed by atoms with E-state index in [1.165, 1.54) is 0 Å². The minimum atomic E-state index is -3.65. The molecule has 1 aliphatic carbocycles. The summed E-state index contributed by atoms with van der Waals surface area (Å²) < 4.78 is 23.5. The summed E-state index contributed by atoms with van der Waals surface area (Å²) >= 11 is 0. The second-order valence-corrected chi connectivity index (χ2v) is 4.26. The summed E-state index contributed by atoms with van der Waals surface area (Å²) in [4.78, 5) is 0. The first-order valence-corrected chi connectivity index (χ1v) is 5.27. The van der Waals surface area contributed by atoms with Crippen molar-refractivity contribution >= 4 is 10.2 Å². The van der Waals surface area contributed by atoms with Gasteiger partial charge in [-0.15, -0.1) is 0 Å². The van der Waals surface area contributed by atoms with Crippen LogP contribution in [0.5, 0.6) is 0 Å². The van der Waals surface area contributed by atoms with Crippen molar-refractivity contribution in [1.29, 1.82) is 5.26 Å². The van der Waals surface area contributed by atoms with Crippen LogP contribution in [0.25, 0.3) is 0 Å². The Morgan fingerprint density at radius 3 is 2.67 bits per heavy atom. The van der Waals surface area contributed by atoms with Crippen LogP contribution in [0.1, 0.15) is 19.3 Å². The van der Waals surface area contributed by atoms with E-state index in [9.17, 15) is 8.42 Å². The molecule has 0 heterocycles. The van der Waals surface area contributed by atoms with E-state index in [-0.39, 0.29) is 12.0 Å². The topological polar surface area (TPSA) is 96.0 Å². The number of rotatable bonds is 2. The number of nitriles is 1. The second kappa shape index (κ2) is 3.39. The quantitative estimate of drug-likeness (QED) is 0.611. The first-order valence-electron chi connectivity index (χ1n) is 3.72. The molecule has 2 atom stereocenters. The number of nitrogens with zero attached hydrogens (tertiary/aromatic N) is 1. The van der Waals surface area contributed by atoms with Gasteiger partial charge in [-0.3, -0.25) is 0 Å². The zero-order valence-corrected chi connectivity index (χ0v) is 7.34. The minimum absolute atomic E-state index is 0.219. The van der Waals surface area contributed by atoms with Gasteiger partial charge < -0.3 is 0 Å². The molecule has 2 unspecified atom stereocenters. The molecule has 0 saturated heterocycles. The van der Waals surface area contributed by atoms with Gasteiger partial charge in [-0.25, -0.2) is 5.14 Å². The highest BCUT2D eigenvalue weighted by Crippen LogP contribution is 2.24. The summed E-state index contributed by atoms with van der Waals surface area (Å²) in [6, 6.07) is 1.77. The van der Waals surface area contributed by atoms with Crippen LogP contribution in [0.15, 0.2) is 0 Å². The van der Waals surface area contributed by atoms with Crippen LogP contribution in [-0.2, 0) is 10.2 Å². The highest BCUT2D eigenvalue weighted by molar-refractivity contribution is 7.87. The van der Waals surface area contributed by atoms with Gasteiger partial charge >= 0.3 is 0 Å². The summed E-state index contributed by atoms with van der Waals surface area (Å²) in [6.45, 7) is 0. The Balaban J connectivity index is 2.59. The number of nitrogens with two attached hydrogens (primary N) is 1. The Morgan fingerprint density at radius 1 is 1.50 bits per heavy atom. The van der Waals surface area contributed by atoms with Crippen LogP contribution >= 0.6 is 0 Å². The molecule has 0 spiro atoms. The van der Waals surface area contributed by atoms with Gasteiger partial charge in [0.15, 0.2) is 0 Å². The minimum Gasteiger partial charge on any atom is -0.216 e. The van der Waals surface area contributed by atoms with Crippen LogP contribution < -0.4 is 9.86 Å². The maximum absolute atomic E-state index is 10.6. The Kier molecular flexibility index (Phi) is 2.67. The van der Waals surface area contributed by atoms with Gasteiger partial charge in [0.1, 0.15) is 0 Å². The smallest absolute Gasteiger partial charge is 0.216 e. The van der Waals surface area contributed by atoms with Crippen LogP contribution in [0.2, 0.25) is 0 Å². The fraction of sp³-hybridized carbons (Fsp3) is 0.833. The van der Waals surface area contributed by atoms with E-state index >= 15 is 0 Å². The van der Waals surface area contributed by atoms with Crippen molar-refractivity contribution in [2.24, 2.45) is 11.1 Å². The van der Waals surface area contributed by atoms with Crippen LogP contribution in [-0.4, -0.2) is 14.5 Å². The van der Waals surface area contributed by atoms with Gasteiger partial charge in [0.25, 0.3) is 10.2 Å². The highest BCUT2D eigenvalue weighted by atomic mass is 32.2. The SMILES string of the molecule is N#CC1CCCC1NS(N)(=O)=O. The van der Waals surface area contributed by atoms with E-state index in [4.69, 9.17) is 10.4 Å². The fourth-order valence-electron chi connectivity index (χ4n) is 1.47. The second-order valence-electron chi connectivity index (χ2n) is 2.94. The van der Waals surface area contributed by atoms with E-state index in [0.717, 1.165) is 12.8 Å². The zero-order valence-electron chi connectivity index (χ0n) is 6.53. The Labute approximate surface area is 71.7 Å². The average Bonchev–Trinajstić information content (AvgIpc) is 2.31. The number of nitrogens with one attached hydrogen (secondary N) is 1. The molecular formula is C6H11N3O2S. The Hall–Kier alpha value is -0.640. The van der Waals surface area contributed by atoms with E-state index in [1.807, 2.05) is 0 Å². The third-order valence-corrected chi connectivity index (χ3v) is 2.63. The third-order valence-electron chi connectivity index (χ3n) is 2.00. The van der Waals surface area contributed by atoms with Gasteiger partial charge in [0.2, 0.25) is 0 Å². The average molecular weight is 189 g/mol. The molecule has 1 rings (SSSR count). The summed E-state index contributed by atoms with van der Waals surface area (Å²) in [5.41, 5.74) is 0. The lowest BCUT2D eigenvalue weighted by Crippen LogP contribution is -2.40.